The zero-order chi connectivity index (χ0) is 16.9. The molecule has 5 heteroatoms. The Hall–Kier alpha value is -1.75. The average Bonchev–Trinajstić information content (AvgIpc) is 2.44. The number of halogens is 1. The molecule has 1 amide bonds. The maximum Gasteiger partial charge on any atom is 0.407 e. The molecule has 1 N–H and O–H groups in total. The lowest BCUT2D eigenvalue weighted by Crippen LogP contribution is -2.33. The third kappa shape index (κ3) is 6.10. The first kappa shape index (κ1) is 17.6. The standard InChI is InChI=1S/C18H22BrNO3/c1-18(2,3)23-17(21)20-9-4-10-22-16-8-6-13-5-7-15(19)11-14(13)12-16/h5-8,11-12H,4,9-10H2,1-3H3,(H,20,21). The lowest BCUT2D eigenvalue weighted by Gasteiger charge is -2.19. The summed E-state index contributed by atoms with van der Waals surface area (Å²) in [5.74, 6) is 0.827. The zero-order valence-electron chi connectivity index (χ0n) is 13.7. The van der Waals surface area contributed by atoms with Crippen LogP contribution in [0.1, 0.15) is 27.2 Å². The van der Waals surface area contributed by atoms with Crippen molar-refractivity contribution in [3.05, 3.63) is 40.9 Å². The van der Waals surface area contributed by atoms with E-state index in [2.05, 4.69) is 33.4 Å². The van der Waals surface area contributed by atoms with Crippen molar-refractivity contribution in [2.24, 2.45) is 0 Å². The molecule has 0 radical (unpaired) electrons. The second-order valence-electron chi connectivity index (χ2n) is 6.28. The highest BCUT2D eigenvalue weighted by atomic mass is 79.9. The minimum absolute atomic E-state index is 0.395. The van der Waals surface area contributed by atoms with Crippen molar-refractivity contribution in [2.75, 3.05) is 13.2 Å². The van der Waals surface area contributed by atoms with Gasteiger partial charge in [-0.1, -0.05) is 28.1 Å². The van der Waals surface area contributed by atoms with Gasteiger partial charge in [-0.2, -0.15) is 0 Å². The van der Waals surface area contributed by atoms with Crippen LogP contribution < -0.4 is 10.1 Å². The maximum atomic E-state index is 11.5. The van der Waals surface area contributed by atoms with E-state index in [1.54, 1.807) is 0 Å². The van der Waals surface area contributed by atoms with Gasteiger partial charge in [-0.3, -0.25) is 0 Å². The van der Waals surface area contributed by atoms with Crippen LogP contribution >= 0.6 is 15.9 Å². The normalized spacial score (nSPS) is 11.3. The number of hydrogen-bond acceptors (Lipinski definition) is 3. The van der Waals surface area contributed by atoms with Crippen LogP contribution in [0, 0.1) is 0 Å². The van der Waals surface area contributed by atoms with Crippen LogP contribution in [-0.4, -0.2) is 24.8 Å². The number of benzene rings is 2. The van der Waals surface area contributed by atoms with E-state index in [0.717, 1.165) is 22.0 Å². The van der Waals surface area contributed by atoms with Crippen molar-refractivity contribution in [1.29, 1.82) is 0 Å². The number of carbonyl (C=O) groups is 1. The van der Waals surface area contributed by atoms with E-state index >= 15 is 0 Å². The maximum absolute atomic E-state index is 11.5. The number of carbonyl (C=O) groups excluding carboxylic acids is 1. The molecule has 2 rings (SSSR count). The van der Waals surface area contributed by atoms with Gasteiger partial charge in [0.2, 0.25) is 0 Å². The lowest BCUT2D eigenvalue weighted by atomic mass is 10.1. The molecule has 0 aliphatic heterocycles. The van der Waals surface area contributed by atoms with Gasteiger partial charge < -0.3 is 14.8 Å². The first-order valence-electron chi connectivity index (χ1n) is 7.62. The summed E-state index contributed by atoms with van der Waals surface area (Å²) in [7, 11) is 0. The molecule has 0 fully saturated rings. The molecule has 0 saturated carbocycles. The quantitative estimate of drug-likeness (QED) is 0.751. The smallest absolute Gasteiger partial charge is 0.407 e. The molecule has 23 heavy (non-hydrogen) atoms. The number of amides is 1. The molecular weight excluding hydrogens is 358 g/mol. The minimum atomic E-state index is -0.472. The summed E-state index contributed by atoms with van der Waals surface area (Å²) in [4.78, 5) is 11.5. The molecule has 0 heterocycles. The van der Waals surface area contributed by atoms with Crippen LogP contribution in [0.4, 0.5) is 4.79 Å². The van der Waals surface area contributed by atoms with E-state index in [1.165, 1.54) is 5.39 Å². The van der Waals surface area contributed by atoms with Gasteiger partial charge in [0, 0.05) is 11.0 Å². The molecule has 0 aliphatic rings. The highest BCUT2D eigenvalue weighted by Crippen LogP contribution is 2.24. The van der Waals surface area contributed by atoms with Crippen LogP contribution in [0.2, 0.25) is 0 Å². The van der Waals surface area contributed by atoms with Gasteiger partial charge in [0.15, 0.2) is 0 Å². The molecule has 0 saturated heterocycles. The van der Waals surface area contributed by atoms with Crippen molar-refractivity contribution in [3.8, 4) is 5.75 Å². The summed E-state index contributed by atoms with van der Waals surface area (Å²) >= 11 is 3.47. The summed E-state index contributed by atoms with van der Waals surface area (Å²) in [6.45, 7) is 6.58. The van der Waals surface area contributed by atoms with Gasteiger partial charge in [-0.05, 0) is 62.2 Å². The SMILES string of the molecule is CC(C)(C)OC(=O)NCCCOc1ccc2ccc(Br)cc2c1. The fourth-order valence-corrected chi connectivity index (χ4v) is 2.43. The molecule has 0 bridgehead atoms. The summed E-state index contributed by atoms with van der Waals surface area (Å²) < 4.78 is 11.9. The van der Waals surface area contributed by atoms with Crippen LogP contribution in [-0.2, 0) is 4.74 Å². The predicted octanol–water partition coefficient (Wildman–Crippen LogP) is 4.90. The lowest BCUT2D eigenvalue weighted by molar-refractivity contribution is 0.0525. The van der Waals surface area contributed by atoms with Gasteiger partial charge in [0.1, 0.15) is 11.4 Å². The van der Waals surface area contributed by atoms with Crippen molar-refractivity contribution in [2.45, 2.75) is 32.8 Å². The second kappa shape index (κ2) is 7.68. The highest BCUT2D eigenvalue weighted by molar-refractivity contribution is 9.10. The fourth-order valence-electron chi connectivity index (χ4n) is 2.05. The van der Waals surface area contributed by atoms with Crippen LogP contribution in [0.3, 0.4) is 0 Å². The fraction of sp³-hybridized carbons (Fsp3) is 0.389. The molecule has 0 aromatic heterocycles. The summed E-state index contributed by atoms with van der Waals surface area (Å²) in [5.41, 5.74) is -0.472. The molecule has 0 spiro atoms. The third-order valence-electron chi connectivity index (χ3n) is 3.03. The van der Waals surface area contributed by atoms with Gasteiger partial charge in [-0.15, -0.1) is 0 Å². The van der Waals surface area contributed by atoms with Crippen LogP contribution in [0.5, 0.6) is 5.75 Å². The Labute approximate surface area is 145 Å². The Morgan fingerprint density at radius 2 is 1.87 bits per heavy atom. The third-order valence-corrected chi connectivity index (χ3v) is 3.53. The molecule has 0 unspecified atom stereocenters. The Balaban J connectivity index is 1.75. The minimum Gasteiger partial charge on any atom is -0.494 e. The molecule has 2 aromatic rings. The van der Waals surface area contributed by atoms with E-state index in [1.807, 2.05) is 45.0 Å². The largest absolute Gasteiger partial charge is 0.494 e. The average molecular weight is 380 g/mol. The van der Waals surface area contributed by atoms with Gasteiger partial charge in [-0.25, -0.2) is 4.79 Å². The number of rotatable bonds is 5. The Bertz CT molecular complexity index is 680. The monoisotopic (exact) mass is 379 g/mol. The number of ether oxygens (including phenoxy) is 2. The molecular formula is C18H22BrNO3. The number of fused-ring (bicyclic) bond motifs is 1. The first-order valence-corrected chi connectivity index (χ1v) is 8.42. The Kier molecular flexibility index (Phi) is 5.88. The van der Waals surface area contributed by atoms with Crippen LogP contribution in [0.25, 0.3) is 10.8 Å². The summed E-state index contributed by atoms with van der Waals surface area (Å²) in [6, 6.07) is 12.2. The molecule has 0 aliphatic carbocycles. The van der Waals surface area contributed by atoms with Gasteiger partial charge in [0.05, 0.1) is 6.61 Å². The Morgan fingerprint density at radius 3 is 2.61 bits per heavy atom. The Morgan fingerprint density at radius 1 is 1.13 bits per heavy atom. The van der Waals surface area contributed by atoms with E-state index in [4.69, 9.17) is 9.47 Å². The van der Waals surface area contributed by atoms with E-state index in [-0.39, 0.29) is 0 Å². The molecule has 2 aromatic carbocycles. The predicted molar refractivity (Wildman–Crippen MR) is 96.0 cm³/mol. The van der Waals surface area contributed by atoms with E-state index < -0.39 is 11.7 Å². The summed E-state index contributed by atoms with van der Waals surface area (Å²) in [5, 5.41) is 5.02. The first-order chi connectivity index (χ1) is 10.8. The molecule has 0 atom stereocenters. The van der Waals surface area contributed by atoms with E-state index in [9.17, 15) is 4.79 Å². The van der Waals surface area contributed by atoms with E-state index in [0.29, 0.717) is 13.2 Å². The number of hydrogen-bond donors (Lipinski definition) is 1. The van der Waals surface area contributed by atoms with Gasteiger partial charge >= 0.3 is 6.09 Å². The summed E-state index contributed by atoms with van der Waals surface area (Å²) in [6.07, 6.45) is 0.323. The topological polar surface area (TPSA) is 47.6 Å². The highest BCUT2D eigenvalue weighted by Gasteiger charge is 2.15. The second-order valence-corrected chi connectivity index (χ2v) is 7.20. The number of nitrogens with one attached hydrogen (secondary N) is 1. The number of alkyl carbamates (subject to hydrolysis) is 1. The molecule has 4 nitrogen and oxygen atoms in total. The van der Waals surface area contributed by atoms with Gasteiger partial charge in [0.25, 0.3) is 0 Å². The molecule has 124 valence electrons. The van der Waals surface area contributed by atoms with Crippen molar-refractivity contribution >= 4 is 32.8 Å². The van der Waals surface area contributed by atoms with Crippen molar-refractivity contribution < 1.29 is 14.3 Å². The van der Waals surface area contributed by atoms with Crippen molar-refractivity contribution in [3.63, 3.8) is 0 Å². The van der Waals surface area contributed by atoms with Crippen LogP contribution in [0.15, 0.2) is 40.9 Å². The zero-order valence-corrected chi connectivity index (χ0v) is 15.3. The van der Waals surface area contributed by atoms with Crippen molar-refractivity contribution in [1.82, 2.24) is 5.32 Å².